The molecule has 0 amide bonds. The van der Waals surface area contributed by atoms with Crippen molar-refractivity contribution < 1.29 is 4.74 Å². The topological polar surface area (TPSA) is 26.1 Å². The summed E-state index contributed by atoms with van der Waals surface area (Å²) in [5.74, 6) is 2.05. The van der Waals surface area contributed by atoms with Crippen LogP contribution in [-0.2, 0) is 6.42 Å². The van der Waals surface area contributed by atoms with Gasteiger partial charge in [0.05, 0.1) is 0 Å². The fraction of sp³-hybridized carbons (Fsp3) is 0.609. The predicted molar refractivity (Wildman–Crippen MR) is 114 cm³/mol. The van der Waals surface area contributed by atoms with Crippen molar-refractivity contribution >= 4 is 22.1 Å². The van der Waals surface area contributed by atoms with Crippen LogP contribution in [0.15, 0.2) is 40.9 Å². The van der Waals surface area contributed by atoms with Crippen molar-refractivity contribution in [2.24, 2.45) is 23.2 Å². The molecule has 0 saturated heterocycles. The Morgan fingerprint density at radius 3 is 2.81 bits per heavy atom. The molecule has 4 atom stereocenters. The third-order valence-electron chi connectivity index (χ3n) is 7.01. The molecule has 2 saturated carbocycles. The molecule has 0 spiro atoms. The first-order chi connectivity index (χ1) is 12.5. The molecule has 2 aliphatic rings. The van der Waals surface area contributed by atoms with Crippen molar-refractivity contribution in [1.29, 1.82) is 0 Å². The summed E-state index contributed by atoms with van der Waals surface area (Å²) < 4.78 is 1.16. The molecule has 1 aromatic rings. The number of rotatable bonds is 6. The molecule has 2 nitrogen and oxygen atoms in total. The van der Waals surface area contributed by atoms with Crippen LogP contribution < -0.4 is 0 Å². The summed E-state index contributed by atoms with van der Waals surface area (Å²) in [4.78, 5) is 2.19. The number of hydroxylamine groups is 1. The lowest BCUT2D eigenvalue weighted by atomic mass is 9.61. The maximum atomic E-state index is 12.2. The van der Waals surface area contributed by atoms with Gasteiger partial charge < -0.3 is 5.21 Å². The number of fused-ring (bicyclic) bond motifs is 1. The lowest BCUT2D eigenvalue weighted by molar-refractivity contribution is -0.453. The maximum absolute atomic E-state index is 12.2. The second-order valence-corrected chi connectivity index (χ2v) is 9.01. The Morgan fingerprint density at radius 1 is 1.31 bits per heavy atom. The van der Waals surface area contributed by atoms with E-state index >= 15 is 0 Å². The zero-order valence-corrected chi connectivity index (χ0v) is 17.7. The number of nitrogens with zero attached hydrogens (tertiary/aromatic N) is 1. The van der Waals surface area contributed by atoms with Crippen molar-refractivity contribution in [1.82, 2.24) is 0 Å². The van der Waals surface area contributed by atoms with E-state index in [0.29, 0.717) is 17.9 Å². The molecule has 0 aliphatic heterocycles. The second-order valence-electron chi connectivity index (χ2n) is 8.55. The smallest absolute Gasteiger partial charge is 0.157 e. The molecule has 0 N–H and O–H groups in total. The van der Waals surface area contributed by atoms with Gasteiger partial charge >= 0.3 is 0 Å². The van der Waals surface area contributed by atoms with Gasteiger partial charge in [-0.15, -0.1) is 0 Å². The first kappa shape index (κ1) is 19.7. The molecule has 3 heteroatoms. The normalized spacial score (nSPS) is 31.8. The van der Waals surface area contributed by atoms with Gasteiger partial charge in [-0.2, -0.15) is 0 Å². The van der Waals surface area contributed by atoms with Crippen LogP contribution in [0.5, 0.6) is 0 Å². The zero-order valence-electron chi connectivity index (χ0n) is 16.2. The third-order valence-corrected chi connectivity index (χ3v) is 7.60. The average Bonchev–Trinajstić information content (AvgIpc) is 3.02. The average molecular weight is 418 g/mol. The summed E-state index contributed by atoms with van der Waals surface area (Å²) in [6.45, 7) is 5.41. The van der Waals surface area contributed by atoms with E-state index in [4.69, 9.17) is 0 Å². The van der Waals surface area contributed by atoms with Gasteiger partial charge in [0, 0.05) is 12.8 Å². The van der Waals surface area contributed by atoms with Crippen LogP contribution in [0.2, 0.25) is 0 Å². The monoisotopic (exact) mass is 417 g/mol. The summed E-state index contributed by atoms with van der Waals surface area (Å²) >= 11 is 3.60. The summed E-state index contributed by atoms with van der Waals surface area (Å²) in [6, 6.07) is 10.3. The van der Waals surface area contributed by atoms with Crippen LogP contribution >= 0.6 is 15.9 Å². The molecular formula is C23H32BrNO. The molecule has 2 aliphatic carbocycles. The Hall–Kier alpha value is -1.09. The molecule has 0 unspecified atom stereocenters. The number of hydrogen-bond donors (Lipinski definition) is 0. The van der Waals surface area contributed by atoms with Crippen molar-refractivity contribution in [3.05, 3.63) is 51.7 Å². The highest BCUT2D eigenvalue weighted by molar-refractivity contribution is 9.11. The first-order valence-corrected chi connectivity index (χ1v) is 11.1. The lowest BCUT2D eigenvalue weighted by Gasteiger charge is -2.44. The SMILES string of the molecule is C[C@H](C/C=[N+](\[O-])CCc1ccccc1)[C@H]1CC[C@H]2/C(=C/Br)CCC[C@]12C. The van der Waals surface area contributed by atoms with E-state index in [0.717, 1.165) is 29.4 Å². The van der Waals surface area contributed by atoms with Gasteiger partial charge in [0.2, 0.25) is 0 Å². The Morgan fingerprint density at radius 2 is 2.08 bits per heavy atom. The van der Waals surface area contributed by atoms with Gasteiger partial charge in [-0.3, -0.25) is 0 Å². The fourth-order valence-corrected chi connectivity index (χ4v) is 6.12. The Bertz CT molecular complexity index is 653. The quantitative estimate of drug-likeness (QED) is 0.229. The molecule has 0 bridgehead atoms. The van der Waals surface area contributed by atoms with E-state index in [9.17, 15) is 5.21 Å². The third kappa shape index (κ3) is 4.24. The minimum atomic E-state index is 0.420. The van der Waals surface area contributed by atoms with Crippen LogP contribution in [0, 0.1) is 28.4 Å². The van der Waals surface area contributed by atoms with Gasteiger partial charge in [0.1, 0.15) is 0 Å². The van der Waals surface area contributed by atoms with E-state index in [1.165, 1.54) is 37.7 Å². The summed E-state index contributed by atoms with van der Waals surface area (Å²) in [6.07, 6.45) is 10.1. The molecule has 0 radical (unpaired) electrons. The largest absolute Gasteiger partial charge is 0.624 e. The van der Waals surface area contributed by atoms with E-state index in [2.05, 4.69) is 46.9 Å². The Labute approximate surface area is 167 Å². The van der Waals surface area contributed by atoms with Gasteiger partial charge in [0.15, 0.2) is 12.8 Å². The Kier molecular flexibility index (Phi) is 6.60. The highest BCUT2D eigenvalue weighted by atomic mass is 79.9. The minimum absolute atomic E-state index is 0.420. The van der Waals surface area contributed by atoms with Crippen molar-refractivity contribution in [2.45, 2.75) is 58.8 Å². The van der Waals surface area contributed by atoms with Crippen LogP contribution in [0.1, 0.15) is 57.9 Å². The Balaban J connectivity index is 1.57. The molecule has 0 heterocycles. The zero-order chi connectivity index (χ0) is 18.6. The van der Waals surface area contributed by atoms with E-state index in [-0.39, 0.29) is 0 Å². The fourth-order valence-electron chi connectivity index (χ4n) is 5.57. The highest BCUT2D eigenvalue weighted by Gasteiger charge is 2.50. The van der Waals surface area contributed by atoms with Gasteiger partial charge in [-0.1, -0.05) is 65.7 Å². The van der Waals surface area contributed by atoms with Gasteiger partial charge in [-0.05, 0) is 65.8 Å². The predicted octanol–water partition coefficient (Wildman–Crippen LogP) is 6.33. The van der Waals surface area contributed by atoms with E-state index in [1.54, 1.807) is 5.57 Å². The van der Waals surface area contributed by atoms with Crippen LogP contribution in [0.3, 0.4) is 0 Å². The second kappa shape index (κ2) is 8.73. The van der Waals surface area contributed by atoms with E-state index < -0.39 is 0 Å². The maximum Gasteiger partial charge on any atom is 0.157 e. The lowest BCUT2D eigenvalue weighted by Crippen LogP contribution is -2.36. The molecule has 0 aromatic heterocycles. The van der Waals surface area contributed by atoms with E-state index in [1.807, 2.05) is 24.4 Å². The molecule has 2 fully saturated rings. The molecule has 3 rings (SSSR count). The summed E-state index contributed by atoms with van der Waals surface area (Å²) in [5.41, 5.74) is 3.27. The number of halogens is 1. The van der Waals surface area contributed by atoms with Crippen molar-refractivity contribution in [2.75, 3.05) is 6.54 Å². The van der Waals surface area contributed by atoms with Crippen LogP contribution in [-0.4, -0.2) is 17.5 Å². The van der Waals surface area contributed by atoms with Gasteiger partial charge in [0.25, 0.3) is 0 Å². The van der Waals surface area contributed by atoms with Crippen molar-refractivity contribution in [3.63, 3.8) is 0 Å². The highest BCUT2D eigenvalue weighted by Crippen LogP contribution is 2.59. The van der Waals surface area contributed by atoms with Crippen molar-refractivity contribution in [3.8, 4) is 0 Å². The number of hydrogen-bond acceptors (Lipinski definition) is 1. The van der Waals surface area contributed by atoms with Crippen LogP contribution in [0.25, 0.3) is 0 Å². The molecule has 1 aromatic carbocycles. The van der Waals surface area contributed by atoms with Crippen LogP contribution in [0.4, 0.5) is 0 Å². The molecule has 26 heavy (non-hydrogen) atoms. The molecular weight excluding hydrogens is 386 g/mol. The standard InChI is InChI=1S/C23H32BrNO/c1-18(12-15-25(26)16-13-19-7-4-3-5-8-19)21-10-11-22-20(17-24)9-6-14-23(21,22)2/h3-5,7-8,15,17-18,21-22H,6,9-14,16H2,1-2H3/b20-17+,25-15-/t18-,21-,22+,23-/m1/s1. The first-order valence-electron chi connectivity index (χ1n) is 10.1. The minimum Gasteiger partial charge on any atom is -0.624 e. The van der Waals surface area contributed by atoms with Gasteiger partial charge in [-0.25, -0.2) is 4.74 Å². The summed E-state index contributed by atoms with van der Waals surface area (Å²) in [7, 11) is 0. The summed E-state index contributed by atoms with van der Waals surface area (Å²) in [5, 5.41) is 12.2. The number of benzene rings is 1. The molecule has 142 valence electrons. The number of allylic oxidation sites excluding steroid dienone is 1.